The van der Waals surface area contributed by atoms with Crippen molar-refractivity contribution in [2.75, 3.05) is 26.3 Å². The van der Waals surface area contributed by atoms with Crippen molar-refractivity contribution in [1.82, 2.24) is 20.2 Å². The zero-order valence-corrected chi connectivity index (χ0v) is 19.9. The van der Waals surface area contributed by atoms with Crippen LogP contribution in [0.15, 0.2) is 18.2 Å². The van der Waals surface area contributed by atoms with Gasteiger partial charge in [-0.2, -0.15) is 0 Å². The fourth-order valence-electron chi connectivity index (χ4n) is 4.57. The molecule has 2 saturated heterocycles. The summed E-state index contributed by atoms with van der Waals surface area (Å²) in [6.07, 6.45) is 1.51. The van der Waals surface area contributed by atoms with Gasteiger partial charge in [0.1, 0.15) is 23.5 Å². The minimum Gasteiger partial charge on any atom is -0.489 e. The summed E-state index contributed by atoms with van der Waals surface area (Å²) >= 11 is 6.19. The van der Waals surface area contributed by atoms with Crippen LogP contribution in [-0.4, -0.2) is 71.0 Å². The lowest BCUT2D eigenvalue weighted by molar-refractivity contribution is -0.0251. The zero-order chi connectivity index (χ0) is 24.0. The number of benzene rings is 1. The van der Waals surface area contributed by atoms with E-state index in [1.54, 1.807) is 18.7 Å². The van der Waals surface area contributed by atoms with E-state index in [2.05, 4.69) is 15.3 Å². The highest BCUT2D eigenvalue weighted by Gasteiger charge is 2.37. The maximum Gasteiger partial charge on any atom is 0.257 e. The standard InChI is InChI=1S/C24H27ClFN5O3/c1-12-22(25)13(2)29-23(28-12)19-8-31(9-20(19)27)24(32)18-4-3-14(26)5-21(18)34-17-6-15(7-17)30-16-10-33-11-16/h3-5,15-17,19,27,30H,6-11H2,1-2H3. The van der Waals surface area contributed by atoms with Gasteiger partial charge in [0, 0.05) is 24.4 Å². The number of likely N-dealkylation sites (tertiary alicyclic amines) is 1. The summed E-state index contributed by atoms with van der Waals surface area (Å²) in [5.41, 5.74) is 1.94. The summed E-state index contributed by atoms with van der Waals surface area (Å²) in [4.78, 5) is 23.8. The number of nitrogens with zero attached hydrogens (tertiary/aromatic N) is 3. The first kappa shape index (κ1) is 23.1. The van der Waals surface area contributed by atoms with Crippen LogP contribution in [0.2, 0.25) is 5.02 Å². The molecule has 3 heterocycles. The number of amides is 1. The Hall–Kier alpha value is -2.62. The first-order valence-corrected chi connectivity index (χ1v) is 11.8. The second-order valence-electron chi connectivity index (χ2n) is 9.28. The summed E-state index contributed by atoms with van der Waals surface area (Å²) in [6, 6.07) is 4.72. The Morgan fingerprint density at radius 2 is 1.94 bits per heavy atom. The molecule has 1 atom stereocenters. The molecule has 1 aromatic carbocycles. The van der Waals surface area contributed by atoms with Crippen molar-refractivity contribution in [2.24, 2.45) is 0 Å². The monoisotopic (exact) mass is 487 g/mol. The van der Waals surface area contributed by atoms with Crippen LogP contribution in [0.4, 0.5) is 4.39 Å². The van der Waals surface area contributed by atoms with Gasteiger partial charge in [-0.25, -0.2) is 14.4 Å². The fourth-order valence-corrected chi connectivity index (χ4v) is 4.66. The molecule has 1 aromatic heterocycles. The van der Waals surface area contributed by atoms with E-state index in [4.69, 9.17) is 26.5 Å². The van der Waals surface area contributed by atoms with Gasteiger partial charge in [0.05, 0.1) is 53.7 Å². The third-order valence-corrected chi connectivity index (χ3v) is 7.20. The minimum atomic E-state index is -0.459. The van der Waals surface area contributed by atoms with Crippen LogP contribution in [0.5, 0.6) is 5.75 Å². The number of carbonyl (C=O) groups is 1. The van der Waals surface area contributed by atoms with Crippen molar-refractivity contribution in [2.45, 2.75) is 50.8 Å². The van der Waals surface area contributed by atoms with Gasteiger partial charge in [0.25, 0.3) is 5.91 Å². The van der Waals surface area contributed by atoms with E-state index >= 15 is 0 Å². The number of rotatable bonds is 6. The lowest BCUT2D eigenvalue weighted by Crippen LogP contribution is -2.56. The molecule has 8 nitrogen and oxygen atoms in total. The Balaban J connectivity index is 1.28. The number of nitrogens with one attached hydrogen (secondary N) is 2. The van der Waals surface area contributed by atoms with Crippen LogP contribution >= 0.6 is 11.6 Å². The van der Waals surface area contributed by atoms with E-state index in [1.165, 1.54) is 18.2 Å². The summed E-state index contributed by atoms with van der Waals surface area (Å²) < 4.78 is 25.2. The number of halogens is 2. The van der Waals surface area contributed by atoms with Crippen LogP contribution in [0.1, 0.15) is 46.3 Å². The summed E-state index contributed by atoms with van der Waals surface area (Å²) in [6.45, 7) is 5.49. The first-order valence-electron chi connectivity index (χ1n) is 11.5. The molecule has 3 aliphatic rings. The number of aryl methyl sites for hydroxylation is 2. The third-order valence-electron chi connectivity index (χ3n) is 6.66. The molecule has 2 aromatic rings. The Bertz CT molecular complexity index is 1110. The molecule has 180 valence electrons. The Morgan fingerprint density at radius 3 is 2.59 bits per heavy atom. The van der Waals surface area contributed by atoms with Gasteiger partial charge < -0.3 is 25.1 Å². The van der Waals surface area contributed by atoms with Crippen LogP contribution < -0.4 is 10.1 Å². The summed E-state index contributed by atoms with van der Waals surface area (Å²) in [5.74, 6) is -0.438. The topological polar surface area (TPSA) is 100 Å². The molecule has 34 heavy (non-hydrogen) atoms. The normalized spacial score (nSPS) is 24.6. The van der Waals surface area contributed by atoms with Gasteiger partial charge in [0.2, 0.25) is 0 Å². The van der Waals surface area contributed by atoms with E-state index in [1.807, 2.05) is 0 Å². The van der Waals surface area contributed by atoms with Crippen molar-refractivity contribution < 1.29 is 18.7 Å². The molecule has 1 amide bonds. The maximum absolute atomic E-state index is 14.0. The molecule has 1 aliphatic carbocycles. The molecule has 2 N–H and O–H groups in total. The Kier molecular flexibility index (Phi) is 6.26. The largest absolute Gasteiger partial charge is 0.489 e. The van der Waals surface area contributed by atoms with E-state index < -0.39 is 11.7 Å². The maximum atomic E-state index is 14.0. The second kappa shape index (κ2) is 9.20. The number of aromatic nitrogens is 2. The first-order chi connectivity index (χ1) is 16.3. The van der Waals surface area contributed by atoms with Crippen LogP contribution in [0.3, 0.4) is 0 Å². The highest BCUT2D eigenvalue weighted by Crippen LogP contribution is 2.32. The number of carbonyl (C=O) groups excluding carboxylic acids is 1. The van der Waals surface area contributed by atoms with Gasteiger partial charge in [-0.05, 0) is 38.8 Å². The van der Waals surface area contributed by atoms with Crippen LogP contribution in [0.25, 0.3) is 0 Å². The van der Waals surface area contributed by atoms with Crippen molar-refractivity contribution >= 4 is 23.2 Å². The SMILES string of the molecule is Cc1nc(C2CN(C(=O)c3ccc(F)cc3OC3CC(NC4COC4)C3)CC2=N)nc(C)c1Cl. The molecular formula is C24H27ClFN5O3. The van der Waals surface area contributed by atoms with E-state index in [-0.39, 0.29) is 30.9 Å². The predicted molar refractivity (Wildman–Crippen MR) is 124 cm³/mol. The average Bonchev–Trinajstić information content (AvgIpc) is 3.13. The van der Waals surface area contributed by atoms with Crippen molar-refractivity contribution in [1.29, 1.82) is 5.41 Å². The van der Waals surface area contributed by atoms with Gasteiger partial charge in [0.15, 0.2) is 0 Å². The van der Waals surface area contributed by atoms with E-state index in [0.717, 1.165) is 26.1 Å². The molecule has 10 heteroatoms. The zero-order valence-electron chi connectivity index (χ0n) is 19.1. The quantitative estimate of drug-likeness (QED) is 0.649. The Labute approximate surface area is 202 Å². The number of ether oxygens (including phenoxy) is 2. The molecule has 0 bridgehead atoms. The van der Waals surface area contributed by atoms with Crippen molar-refractivity contribution in [3.63, 3.8) is 0 Å². The number of hydrogen-bond acceptors (Lipinski definition) is 7. The third kappa shape index (κ3) is 4.52. The molecule has 0 radical (unpaired) electrons. The molecule has 2 aliphatic heterocycles. The van der Waals surface area contributed by atoms with Gasteiger partial charge in [-0.15, -0.1) is 0 Å². The van der Waals surface area contributed by atoms with E-state index in [9.17, 15) is 9.18 Å². The number of hydrogen-bond donors (Lipinski definition) is 2. The highest BCUT2D eigenvalue weighted by atomic mass is 35.5. The summed E-state index contributed by atoms with van der Waals surface area (Å²) in [7, 11) is 0. The van der Waals surface area contributed by atoms with Crippen LogP contribution in [0, 0.1) is 25.1 Å². The predicted octanol–water partition coefficient (Wildman–Crippen LogP) is 3.04. The molecule has 0 spiro atoms. The van der Waals surface area contributed by atoms with E-state index in [0.29, 0.717) is 45.6 Å². The lowest BCUT2D eigenvalue weighted by Gasteiger charge is -2.40. The van der Waals surface area contributed by atoms with Crippen molar-refractivity contribution in [3.8, 4) is 5.75 Å². The van der Waals surface area contributed by atoms with Crippen LogP contribution in [-0.2, 0) is 4.74 Å². The fraction of sp³-hybridized carbons (Fsp3) is 0.500. The molecule has 1 unspecified atom stereocenters. The van der Waals surface area contributed by atoms with Gasteiger partial charge in [-0.3, -0.25) is 4.79 Å². The average molecular weight is 488 g/mol. The molecule has 1 saturated carbocycles. The van der Waals surface area contributed by atoms with Gasteiger partial charge in [-0.1, -0.05) is 11.6 Å². The lowest BCUT2D eigenvalue weighted by atomic mass is 9.88. The second-order valence-corrected chi connectivity index (χ2v) is 9.66. The minimum absolute atomic E-state index is 0.0788. The van der Waals surface area contributed by atoms with Gasteiger partial charge >= 0.3 is 0 Å². The smallest absolute Gasteiger partial charge is 0.257 e. The highest BCUT2D eigenvalue weighted by molar-refractivity contribution is 6.31. The van der Waals surface area contributed by atoms with Crippen molar-refractivity contribution in [3.05, 3.63) is 51.8 Å². The molecular weight excluding hydrogens is 461 g/mol. The molecule has 5 rings (SSSR count). The Morgan fingerprint density at radius 1 is 1.24 bits per heavy atom. The molecule has 3 fully saturated rings. The summed E-state index contributed by atoms with van der Waals surface area (Å²) in [5, 5.41) is 12.5.